The Labute approximate surface area is 156 Å². The number of hydrogen-bond donors (Lipinski definition) is 1. The molecule has 136 valence electrons. The van der Waals surface area contributed by atoms with E-state index in [1.165, 1.54) is 0 Å². The molecule has 0 amide bonds. The predicted octanol–water partition coefficient (Wildman–Crippen LogP) is 4.81. The van der Waals surface area contributed by atoms with Gasteiger partial charge >= 0.3 is 5.97 Å². The van der Waals surface area contributed by atoms with Crippen LogP contribution >= 0.6 is 0 Å². The number of aromatic nitrogens is 1. The molecule has 0 spiro atoms. The SMILES string of the molecule is COc1ccc2c(OC3=C(C(=O)O)CCC3)cc(-c3ccccc3)nc2c1. The molecular formula is C22H19NO4. The van der Waals surface area contributed by atoms with Crippen molar-refractivity contribution < 1.29 is 19.4 Å². The van der Waals surface area contributed by atoms with Crippen molar-refractivity contribution in [3.8, 4) is 22.8 Å². The first-order valence-electron chi connectivity index (χ1n) is 8.83. The number of ether oxygens (including phenoxy) is 2. The van der Waals surface area contributed by atoms with Gasteiger partial charge in [-0.25, -0.2) is 9.78 Å². The molecule has 0 radical (unpaired) electrons. The molecule has 27 heavy (non-hydrogen) atoms. The van der Waals surface area contributed by atoms with E-state index in [4.69, 9.17) is 14.5 Å². The molecular weight excluding hydrogens is 342 g/mol. The standard InChI is InChI=1S/C22H19NO4/c1-26-15-10-11-16-19(12-15)23-18(14-6-3-2-4-7-14)13-21(16)27-20-9-5-8-17(20)22(24)25/h2-4,6-7,10-13H,5,8-9H2,1H3,(H,24,25). The zero-order valence-corrected chi connectivity index (χ0v) is 14.9. The fraction of sp³-hybridized carbons (Fsp3) is 0.182. The third-order valence-electron chi connectivity index (χ3n) is 4.71. The quantitative estimate of drug-likeness (QED) is 0.706. The highest BCUT2D eigenvalue weighted by molar-refractivity contribution is 5.90. The van der Waals surface area contributed by atoms with Crippen molar-refractivity contribution in [1.29, 1.82) is 0 Å². The molecule has 1 N–H and O–H groups in total. The van der Waals surface area contributed by atoms with Gasteiger partial charge in [0.1, 0.15) is 17.3 Å². The van der Waals surface area contributed by atoms with E-state index in [2.05, 4.69) is 0 Å². The first-order valence-corrected chi connectivity index (χ1v) is 8.83. The zero-order valence-electron chi connectivity index (χ0n) is 14.9. The summed E-state index contributed by atoms with van der Waals surface area (Å²) < 4.78 is 11.4. The van der Waals surface area contributed by atoms with Crippen LogP contribution in [0, 0.1) is 0 Å². The van der Waals surface area contributed by atoms with Crippen LogP contribution in [0.2, 0.25) is 0 Å². The second-order valence-corrected chi connectivity index (χ2v) is 6.42. The van der Waals surface area contributed by atoms with E-state index in [0.29, 0.717) is 35.7 Å². The number of carboxylic acid groups (broad SMARTS) is 1. The normalized spacial score (nSPS) is 13.8. The highest BCUT2D eigenvalue weighted by Gasteiger charge is 2.23. The minimum atomic E-state index is -0.911. The smallest absolute Gasteiger partial charge is 0.334 e. The Morgan fingerprint density at radius 3 is 2.63 bits per heavy atom. The van der Waals surface area contributed by atoms with E-state index >= 15 is 0 Å². The molecule has 0 bridgehead atoms. The molecule has 4 rings (SSSR count). The van der Waals surface area contributed by atoms with Gasteiger partial charge in [-0.2, -0.15) is 0 Å². The summed E-state index contributed by atoms with van der Waals surface area (Å²) in [5.41, 5.74) is 2.82. The van der Waals surface area contributed by atoms with Crippen molar-refractivity contribution in [2.24, 2.45) is 0 Å². The van der Waals surface area contributed by atoms with Gasteiger partial charge in [0.15, 0.2) is 0 Å². The van der Waals surface area contributed by atoms with Gasteiger partial charge in [-0.1, -0.05) is 30.3 Å². The molecule has 3 aromatic rings. The summed E-state index contributed by atoms with van der Waals surface area (Å²) in [5, 5.41) is 10.2. The maximum Gasteiger partial charge on any atom is 0.334 e. The van der Waals surface area contributed by atoms with Gasteiger partial charge < -0.3 is 14.6 Å². The summed E-state index contributed by atoms with van der Waals surface area (Å²) in [5.74, 6) is 0.935. The second-order valence-electron chi connectivity index (χ2n) is 6.42. The van der Waals surface area contributed by atoms with Crippen LogP contribution in [0.4, 0.5) is 0 Å². The molecule has 0 aliphatic heterocycles. The number of fused-ring (bicyclic) bond motifs is 1. The van der Waals surface area contributed by atoms with Crippen molar-refractivity contribution in [2.75, 3.05) is 7.11 Å². The highest BCUT2D eigenvalue weighted by atomic mass is 16.5. The third kappa shape index (κ3) is 3.36. The van der Waals surface area contributed by atoms with Crippen molar-refractivity contribution in [3.63, 3.8) is 0 Å². The van der Waals surface area contributed by atoms with Gasteiger partial charge in [-0.05, 0) is 25.0 Å². The second kappa shape index (κ2) is 7.11. The number of hydrogen-bond acceptors (Lipinski definition) is 4. The van der Waals surface area contributed by atoms with Crippen LogP contribution in [-0.4, -0.2) is 23.2 Å². The maximum atomic E-state index is 11.5. The van der Waals surface area contributed by atoms with Gasteiger partial charge in [0.25, 0.3) is 0 Å². The summed E-state index contributed by atoms with van der Waals surface area (Å²) in [6.45, 7) is 0. The van der Waals surface area contributed by atoms with E-state index in [1.807, 2.05) is 54.6 Å². The fourth-order valence-electron chi connectivity index (χ4n) is 3.33. The van der Waals surface area contributed by atoms with Crippen LogP contribution in [0.25, 0.3) is 22.2 Å². The third-order valence-corrected chi connectivity index (χ3v) is 4.71. The van der Waals surface area contributed by atoms with Crippen molar-refractivity contribution in [1.82, 2.24) is 4.98 Å². The van der Waals surface area contributed by atoms with E-state index in [1.54, 1.807) is 7.11 Å². The lowest BCUT2D eigenvalue weighted by Crippen LogP contribution is -2.04. The summed E-state index contributed by atoms with van der Waals surface area (Å²) in [6.07, 6.45) is 1.95. The van der Waals surface area contributed by atoms with E-state index in [9.17, 15) is 9.90 Å². The van der Waals surface area contributed by atoms with Crippen LogP contribution in [0.15, 0.2) is 65.9 Å². The van der Waals surface area contributed by atoms with Gasteiger partial charge in [0, 0.05) is 29.5 Å². The molecule has 0 unspecified atom stereocenters. The molecule has 2 aromatic carbocycles. The molecule has 0 fully saturated rings. The molecule has 1 heterocycles. The lowest BCUT2D eigenvalue weighted by atomic mass is 10.1. The predicted molar refractivity (Wildman–Crippen MR) is 103 cm³/mol. The number of carbonyl (C=O) groups is 1. The maximum absolute atomic E-state index is 11.5. The van der Waals surface area contributed by atoms with Crippen molar-refractivity contribution in [2.45, 2.75) is 19.3 Å². The number of carboxylic acids is 1. The van der Waals surface area contributed by atoms with Gasteiger partial charge in [-0.3, -0.25) is 0 Å². The lowest BCUT2D eigenvalue weighted by Gasteiger charge is -2.13. The molecule has 5 heteroatoms. The lowest BCUT2D eigenvalue weighted by molar-refractivity contribution is -0.132. The topological polar surface area (TPSA) is 68.7 Å². The summed E-state index contributed by atoms with van der Waals surface area (Å²) >= 11 is 0. The Bertz CT molecular complexity index is 1040. The van der Waals surface area contributed by atoms with Crippen LogP contribution in [0.5, 0.6) is 11.5 Å². The summed E-state index contributed by atoms with van der Waals surface area (Å²) in [4.78, 5) is 16.2. The number of aliphatic carboxylic acids is 1. The molecule has 0 saturated carbocycles. The fourth-order valence-corrected chi connectivity index (χ4v) is 3.33. The summed E-state index contributed by atoms with van der Waals surface area (Å²) in [6, 6.07) is 17.3. The molecule has 1 aliphatic carbocycles. The number of methoxy groups -OCH3 is 1. The first-order chi connectivity index (χ1) is 13.2. The van der Waals surface area contributed by atoms with Crippen LogP contribution in [0.3, 0.4) is 0 Å². The summed E-state index contributed by atoms with van der Waals surface area (Å²) in [7, 11) is 1.61. The van der Waals surface area contributed by atoms with Crippen LogP contribution in [0.1, 0.15) is 19.3 Å². The molecule has 1 aromatic heterocycles. The monoisotopic (exact) mass is 361 g/mol. The van der Waals surface area contributed by atoms with E-state index in [0.717, 1.165) is 28.6 Å². The average Bonchev–Trinajstić information content (AvgIpc) is 3.16. The van der Waals surface area contributed by atoms with Gasteiger partial charge in [0.2, 0.25) is 0 Å². The molecule has 0 atom stereocenters. The van der Waals surface area contributed by atoms with E-state index < -0.39 is 5.97 Å². The van der Waals surface area contributed by atoms with Crippen molar-refractivity contribution in [3.05, 3.63) is 65.9 Å². The van der Waals surface area contributed by atoms with Crippen molar-refractivity contribution >= 4 is 16.9 Å². The Balaban J connectivity index is 1.87. The molecule has 0 saturated heterocycles. The molecule has 5 nitrogen and oxygen atoms in total. The van der Waals surface area contributed by atoms with E-state index in [-0.39, 0.29) is 0 Å². The highest BCUT2D eigenvalue weighted by Crippen LogP contribution is 2.36. The zero-order chi connectivity index (χ0) is 18.8. The number of nitrogens with zero attached hydrogens (tertiary/aromatic N) is 1. The first kappa shape index (κ1) is 17.1. The average molecular weight is 361 g/mol. The Morgan fingerprint density at radius 2 is 1.89 bits per heavy atom. The Hall–Kier alpha value is -3.34. The number of benzene rings is 2. The van der Waals surface area contributed by atoms with Crippen LogP contribution < -0.4 is 9.47 Å². The van der Waals surface area contributed by atoms with Gasteiger partial charge in [-0.15, -0.1) is 0 Å². The Kier molecular flexibility index (Phi) is 4.50. The number of rotatable bonds is 5. The van der Waals surface area contributed by atoms with Crippen LogP contribution in [-0.2, 0) is 4.79 Å². The minimum Gasteiger partial charge on any atom is -0.497 e. The number of pyridine rings is 1. The Morgan fingerprint density at radius 1 is 1.07 bits per heavy atom. The largest absolute Gasteiger partial charge is 0.497 e. The minimum absolute atomic E-state index is 0.356. The molecule has 1 aliphatic rings. The van der Waals surface area contributed by atoms with Gasteiger partial charge in [0.05, 0.1) is 23.9 Å². The number of allylic oxidation sites excluding steroid dienone is 1.